The van der Waals surface area contributed by atoms with Crippen molar-refractivity contribution in [1.82, 2.24) is 10.6 Å². The molecule has 18 heavy (non-hydrogen) atoms. The van der Waals surface area contributed by atoms with E-state index in [0.717, 1.165) is 25.4 Å². The fourth-order valence-electron chi connectivity index (χ4n) is 1.59. The minimum absolute atomic E-state index is 0.281. The molecule has 0 aliphatic heterocycles. The number of rotatable bonds is 9. The fraction of sp³-hybridized carbons (Fsp3) is 0.571. The second-order valence-corrected chi connectivity index (χ2v) is 4.31. The SMILES string of the molecule is CCOc1ccc(CNCCNCC(C)O)cc1. The van der Waals surface area contributed by atoms with Crippen molar-refractivity contribution in [3.05, 3.63) is 29.8 Å². The molecule has 0 fully saturated rings. The highest BCUT2D eigenvalue weighted by molar-refractivity contribution is 5.27. The Balaban J connectivity index is 2.11. The van der Waals surface area contributed by atoms with E-state index in [1.807, 2.05) is 19.1 Å². The number of ether oxygens (including phenoxy) is 1. The van der Waals surface area contributed by atoms with Gasteiger partial charge in [-0.1, -0.05) is 12.1 Å². The predicted molar refractivity (Wildman–Crippen MR) is 73.9 cm³/mol. The maximum atomic E-state index is 9.06. The molecule has 1 unspecified atom stereocenters. The predicted octanol–water partition coefficient (Wildman–Crippen LogP) is 1.15. The standard InChI is InChI=1S/C14H24N2O2/c1-3-18-14-6-4-13(5-7-14)11-16-9-8-15-10-12(2)17/h4-7,12,15-17H,3,8-11H2,1-2H3. The summed E-state index contributed by atoms with van der Waals surface area (Å²) in [5.74, 6) is 0.917. The van der Waals surface area contributed by atoms with E-state index in [1.165, 1.54) is 5.56 Å². The summed E-state index contributed by atoms with van der Waals surface area (Å²) >= 11 is 0. The third kappa shape index (κ3) is 6.59. The molecule has 0 saturated carbocycles. The highest BCUT2D eigenvalue weighted by Gasteiger charge is 1.96. The third-order valence-corrected chi connectivity index (χ3v) is 2.48. The second kappa shape index (κ2) is 8.91. The van der Waals surface area contributed by atoms with Gasteiger partial charge in [-0.2, -0.15) is 0 Å². The van der Waals surface area contributed by atoms with Gasteiger partial charge in [-0.15, -0.1) is 0 Å². The molecule has 0 radical (unpaired) electrons. The lowest BCUT2D eigenvalue weighted by atomic mass is 10.2. The minimum Gasteiger partial charge on any atom is -0.494 e. The summed E-state index contributed by atoms with van der Waals surface area (Å²) in [6.07, 6.45) is -0.281. The Hall–Kier alpha value is -1.10. The molecule has 4 nitrogen and oxygen atoms in total. The molecule has 3 N–H and O–H groups in total. The number of benzene rings is 1. The molecule has 1 aromatic rings. The summed E-state index contributed by atoms with van der Waals surface area (Å²) < 4.78 is 5.39. The molecule has 1 aromatic carbocycles. The Morgan fingerprint density at radius 3 is 2.44 bits per heavy atom. The van der Waals surface area contributed by atoms with Gasteiger partial charge < -0.3 is 20.5 Å². The highest BCUT2D eigenvalue weighted by atomic mass is 16.5. The van der Waals surface area contributed by atoms with E-state index < -0.39 is 0 Å². The summed E-state index contributed by atoms with van der Waals surface area (Å²) in [5, 5.41) is 15.6. The van der Waals surface area contributed by atoms with Gasteiger partial charge in [0.25, 0.3) is 0 Å². The molecule has 0 aliphatic rings. The van der Waals surface area contributed by atoms with Crippen molar-refractivity contribution >= 4 is 0 Å². The number of nitrogens with one attached hydrogen (secondary N) is 2. The molecular weight excluding hydrogens is 228 g/mol. The topological polar surface area (TPSA) is 53.5 Å². The van der Waals surface area contributed by atoms with Gasteiger partial charge in [-0.05, 0) is 31.5 Å². The van der Waals surface area contributed by atoms with E-state index in [4.69, 9.17) is 9.84 Å². The smallest absolute Gasteiger partial charge is 0.119 e. The van der Waals surface area contributed by atoms with Gasteiger partial charge in [0.2, 0.25) is 0 Å². The molecule has 0 amide bonds. The van der Waals surface area contributed by atoms with E-state index >= 15 is 0 Å². The number of aliphatic hydroxyl groups is 1. The molecule has 1 atom stereocenters. The molecule has 102 valence electrons. The van der Waals surface area contributed by atoms with Gasteiger partial charge >= 0.3 is 0 Å². The highest BCUT2D eigenvalue weighted by Crippen LogP contribution is 2.11. The average Bonchev–Trinajstić information content (AvgIpc) is 2.35. The number of aliphatic hydroxyl groups excluding tert-OH is 1. The lowest BCUT2D eigenvalue weighted by molar-refractivity contribution is 0.191. The zero-order valence-electron chi connectivity index (χ0n) is 11.3. The molecule has 0 bridgehead atoms. The Bertz CT molecular complexity index is 312. The van der Waals surface area contributed by atoms with Crippen LogP contribution in [0.4, 0.5) is 0 Å². The Morgan fingerprint density at radius 1 is 1.17 bits per heavy atom. The van der Waals surface area contributed by atoms with Gasteiger partial charge in [-0.3, -0.25) is 0 Å². The van der Waals surface area contributed by atoms with E-state index in [9.17, 15) is 0 Å². The second-order valence-electron chi connectivity index (χ2n) is 4.31. The molecule has 0 heterocycles. The average molecular weight is 252 g/mol. The van der Waals surface area contributed by atoms with Gasteiger partial charge in [0.15, 0.2) is 0 Å². The first kappa shape index (κ1) is 15.0. The molecule has 0 saturated heterocycles. The maximum absolute atomic E-state index is 9.06. The van der Waals surface area contributed by atoms with Crippen molar-refractivity contribution in [3.8, 4) is 5.75 Å². The zero-order chi connectivity index (χ0) is 13.2. The number of hydrogen-bond acceptors (Lipinski definition) is 4. The van der Waals surface area contributed by atoms with Gasteiger partial charge in [-0.25, -0.2) is 0 Å². The minimum atomic E-state index is -0.281. The summed E-state index contributed by atoms with van der Waals surface area (Å²) in [7, 11) is 0. The van der Waals surface area contributed by atoms with Crippen LogP contribution >= 0.6 is 0 Å². The van der Waals surface area contributed by atoms with Crippen molar-refractivity contribution in [3.63, 3.8) is 0 Å². The van der Waals surface area contributed by atoms with Crippen molar-refractivity contribution in [2.45, 2.75) is 26.5 Å². The molecular formula is C14H24N2O2. The van der Waals surface area contributed by atoms with Crippen LogP contribution in [0.2, 0.25) is 0 Å². The Kier molecular flexibility index (Phi) is 7.41. The third-order valence-electron chi connectivity index (χ3n) is 2.48. The summed E-state index contributed by atoms with van der Waals surface area (Å²) in [4.78, 5) is 0. The van der Waals surface area contributed by atoms with Gasteiger partial charge in [0.05, 0.1) is 12.7 Å². The maximum Gasteiger partial charge on any atom is 0.119 e. The molecule has 0 aromatic heterocycles. The monoisotopic (exact) mass is 252 g/mol. The van der Waals surface area contributed by atoms with E-state index in [-0.39, 0.29) is 6.10 Å². The van der Waals surface area contributed by atoms with Crippen LogP contribution in [0.5, 0.6) is 5.75 Å². The summed E-state index contributed by atoms with van der Waals surface area (Å²) in [6, 6.07) is 8.13. The summed E-state index contributed by atoms with van der Waals surface area (Å²) in [5.41, 5.74) is 1.24. The van der Waals surface area contributed by atoms with Crippen LogP contribution in [0.3, 0.4) is 0 Å². The van der Waals surface area contributed by atoms with Crippen LogP contribution in [0.15, 0.2) is 24.3 Å². The Morgan fingerprint density at radius 2 is 1.83 bits per heavy atom. The number of hydrogen-bond donors (Lipinski definition) is 3. The normalized spacial score (nSPS) is 12.4. The molecule has 1 rings (SSSR count). The van der Waals surface area contributed by atoms with Gasteiger partial charge in [0.1, 0.15) is 5.75 Å². The van der Waals surface area contributed by atoms with E-state index in [1.54, 1.807) is 6.92 Å². The van der Waals surface area contributed by atoms with Crippen molar-refractivity contribution < 1.29 is 9.84 Å². The molecule has 4 heteroatoms. The summed E-state index contributed by atoms with van der Waals surface area (Å²) in [6.45, 7) is 7.71. The van der Waals surface area contributed by atoms with Crippen molar-refractivity contribution in [1.29, 1.82) is 0 Å². The van der Waals surface area contributed by atoms with Gasteiger partial charge in [0, 0.05) is 26.2 Å². The van der Waals surface area contributed by atoms with Crippen LogP contribution in [0.25, 0.3) is 0 Å². The van der Waals surface area contributed by atoms with Crippen LogP contribution in [-0.4, -0.2) is 37.5 Å². The lowest BCUT2D eigenvalue weighted by Gasteiger charge is -2.08. The van der Waals surface area contributed by atoms with Crippen LogP contribution in [-0.2, 0) is 6.54 Å². The zero-order valence-corrected chi connectivity index (χ0v) is 11.3. The largest absolute Gasteiger partial charge is 0.494 e. The Labute approximate surface area is 109 Å². The first-order chi connectivity index (χ1) is 8.72. The van der Waals surface area contributed by atoms with E-state index in [2.05, 4.69) is 22.8 Å². The van der Waals surface area contributed by atoms with Crippen LogP contribution in [0, 0.1) is 0 Å². The molecule has 0 spiro atoms. The molecule has 0 aliphatic carbocycles. The lowest BCUT2D eigenvalue weighted by Crippen LogP contribution is -2.31. The quantitative estimate of drug-likeness (QED) is 0.577. The van der Waals surface area contributed by atoms with Crippen LogP contribution in [0.1, 0.15) is 19.4 Å². The van der Waals surface area contributed by atoms with Crippen molar-refractivity contribution in [2.75, 3.05) is 26.2 Å². The first-order valence-electron chi connectivity index (χ1n) is 6.53. The van der Waals surface area contributed by atoms with Crippen molar-refractivity contribution in [2.24, 2.45) is 0 Å². The first-order valence-corrected chi connectivity index (χ1v) is 6.53. The van der Waals surface area contributed by atoms with Crippen LogP contribution < -0.4 is 15.4 Å². The fourth-order valence-corrected chi connectivity index (χ4v) is 1.59. The van der Waals surface area contributed by atoms with E-state index in [0.29, 0.717) is 13.2 Å².